The second-order valence-electron chi connectivity index (χ2n) is 8.40. The van der Waals surface area contributed by atoms with E-state index in [2.05, 4.69) is 11.9 Å². The molecule has 23 heavy (non-hydrogen) atoms. The fourth-order valence-electron chi connectivity index (χ4n) is 4.37. The lowest BCUT2D eigenvalue weighted by atomic mass is 9.77. The summed E-state index contributed by atoms with van der Waals surface area (Å²) in [4.78, 5) is 2.44. The fraction of sp³-hybridized carbons (Fsp3) is 1.00. The molecule has 6 heteroatoms. The van der Waals surface area contributed by atoms with Gasteiger partial charge in [-0.25, -0.2) is 12.7 Å². The average Bonchev–Trinajstić information content (AvgIpc) is 3.39. The Labute approximate surface area is 140 Å². The maximum absolute atomic E-state index is 12.4. The summed E-state index contributed by atoms with van der Waals surface area (Å²) in [6, 6.07) is 0.514. The maximum atomic E-state index is 12.4. The van der Waals surface area contributed by atoms with Crippen LogP contribution < -0.4 is 0 Å². The molecule has 4 aliphatic rings. The van der Waals surface area contributed by atoms with Gasteiger partial charge in [-0.05, 0) is 63.3 Å². The number of hydrogen-bond acceptors (Lipinski definition) is 4. The molecular formula is C17H30N2O3S. The molecule has 0 N–H and O–H groups in total. The van der Waals surface area contributed by atoms with Crippen LogP contribution >= 0.6 is 0 Å². The van der Waals surface area contributed by atoms with E-state index >= 15 is 0 Å². The minimum atomic E-state index is -2.98. The lowest BCUT2D eigenvalue weighted by molar-refractivity contribution is 0.0784. The van der Waals surface area contributed by atoms with Gasteiger partial charge in [0.2, 0.25) is 10.0 Å². The topological polar surface area (TPSA) is 49.9 Å². The van der Waals surface area contributed by atoms with Gasteiger partial charge in [0, 0.05) is 32.3 Å². The predicted molar refractivity (Wildman–Crippen MR) is 89.8 cm³/mol. The molecule has 1 spiro atoms. The number of likely N-dealkylation sites (N-methyl/N-ethyl adjacent to an activating group) is 1. The van der Waals surface area contributed by atoms with Crippen molar-refractivity contribution in [3.05, 3.63) is 0 Å². The number of sulfonamides is 1. The summed E-state index contributed by atoms with van der Waals surface area (Å²) < 4.78 is 32.5. The molecule has 4 fully saturated rings. The van der Waals surface area contributed by atoms with Crippen molar-refractivity contribution < 1.29 is 13.2 Å². The highest BCUT2D eigenvalue weighted by Crippen LogP contribution is 2.44. The molecule has 2 saturated carbocycles. The van der Waals surface area contributed by atoms with E-state index in [1.807, 2.05) is 0 Å². The first-order valence-corrected chi connectivity index (χ1v) is 10.8. The molecule has 1 atom stereocenters. The number of hydrogen-bond donors (Lipinski definition) is 0. The summed E-state index contributed by atoms with van der Waals surface area (Å²) in [5, 5.41) is -0.0635. The Kier molecular flexibility index (Phi) is 4.23. The Morgan fingerprint density at radius 2 is 1.78 bits per heavy atom. The van der Waals surface area contributed by atoms with E-state index in [0.717, 1.165) is 64.4 Å². The quantitative estimate of drug-likeness (QED) is 0.737. The average molecular weight is 343 g/mol. The molecule has 1 unspecified atom stereocenters. The minimum absolute atomic E-state index is 0.0635. The SMILES string of the molecule is CN1CC2(CCN(S(=O)(=O)C3CC3)CC2)CC1COCC1CC1. The van der Waals surface area contributed by atoms with Gasteiger partial charge in [-0.1, -0.05) is 0 Å². The first kappa shape index (κ1) is 16.3. The monoisotopic (exact) mass is 342 g/mol. The number of likely N-dealkylation sites (tertiary alicyclic amines) is 1. The fourth-order valence-corrected chi connectivity index (χ4v) is 6.22. The van der Waals surface area contributed by atoms with E-state index in [1.165, 1.54) is 19.3 Å². The second kappa shape index (κ2) is 5.97. The van der Waals surface area contributed by atoms with E-state index < -0.39 is 10.0 Å². The van der Waals surface area contributed by atoms with Crippen molar-refractivity contribution in [1.29, 1.82) is 0 Å². The highest BCUT2D eigenvalue weighted by molar-refractivity contribution is 7.90. The van der Waals surface area contributed by atoms with Crippen LogP contribution in [0, 0.1) is 11.3 Å². The number of rotatable bonds is 6. The Balaban J connectivity index is 1.29. The molecule has 0 aromatic carbocycles. The van der Waals surface area contributed by atoms with Crippen LogP contribution in [0.4, 0.5) is 0 Å². The summed E-state index contributed by atoms with van der Waals surface area (Å²) in [6.07, 6.45) is 7.63. The summed E-state index contributed by atoms with van der Waals surface area (Å²) in [6.45, 7) is 4.33. The van der Waals surface area contributed by atoms with Crippen molar-refractivity contribution in [3.63, 3.8) is 0 Å². The van der Waals surface area contributed by atoms with Gasteiger partial charge < -0.3 is 9.64 Å². The first-order chi connectivity index (χ1) is 11.0. The third-order valence-electron chi connectivity index (χ3n) is 6.33. The van der Waals surface area contributed by atoms with Gasteiger partial charge in [0.15, 0.2) is 0 Å². The molecular weight excluding hydrogens is 312 g/mol. The third kappa shape index (κ3) is 3.46. The standard InChI is InChI=1S/C17H30N2O3S/c1-18-13-17(10-15(18)12-22-11-14-2-3-14)6-8-19(9-7-17)23(20,21)16-4-5-16/h14-16H,2-13H2,1H3. The highest BCUT2D eigenvalue weighted by atomic mass is 32.2. The van der Waals surface area contributed by atoms with Gasteiger partial charge in [0.25, 0.3) is 0 Å². The molecule has 2 heterocycles. The summed E-state index contributed by atoms with van der Waals surface area (Å²) in [5.74, 6) is 0.825. The summed E-state index contributed by atoms with van der Waals surface area (Å²) >= 11 is 0. The zero-order chi connectivity index (χ0) is 16.1. The Hall–Kier alpha value is -0.170. The molecule has 0 aromatic rings. The van der Waals surface area contributed by atoms with Crippen LogP contribution in [0.25, 0.3) is 0 Å². The van der Waals surface area contributed by atoms with Crippen LogP contribution in [0.3, 0.4) is 0 Å². The molecule has 0 bridgehead atoms. The van der Waals surface area contributed by atoms with Gasteiger partial charge in [-0.2, -0.15) is 0 Å². The van der Waals surface area contributed by atoms with Crippen molar-refractivity contribution in [3.8, 4) is 0 Å². The first-order valence-electron chi connectivity index (χ1n) is 9.26. The summed E-state index contributed by atoms with van der Waals surface area (Å²) in [7, 11) is -0.782. The highest BCUT2D eigenvalue weighted by Gasteiger charge is 2.48. The van der Waals surface area contributed by atoms with E-state index in [9.17, 15) is 8.42 Å². The Morgan fingerprint density at radius 3 is 2.39 bits per heavy atom. The van der Waals surface area contributed by atoms with Crippen molar-refractivity contribution in [2.75, 3.05) is 39.9 Å². The largest absolute Gasteiger partial charge is 0.380 e. The number of piperidine rings is 1. The second-order valence-corrected chi connectivity index (χ2v) is 10.6. The molecule has 132 valence electrons. The molecule has 2 saturated heterocycles. The molecule has 0 aromatic heterocycles. The Morgan fingerprint density at radius 1 is 1.09 bits per heavy atom. The van der Waals surface area contributed by atoms with Crippen LogP contribution in [0.5, 0.6) is 0 Å². The van der Waals surface area contributed by atoms with E-state index in [0.29, 0.717) is 11.5 Å². The lowest BCUT2D eigenvalue weighted by Crippen LogP contribution is -2.45. The number of ether oxygens (including phenoxy) is 1. The van der Waals surface area contributed by atoms with Gasteiger partial charge in [-0.3, -0.25) is 0 Å². The van der Waals surface area contributed by atoms with E-state index in [4.69, 9.17) is 4.74 Å². The third-order valence-corrected chi connectivity index (χ3v) is 8.72. The molecule has 5 nitrogen and oxygen atoms in total. The van der Waals surface area contributed by atoms with Gasteiger partial charge >= 0.3 is 0 Å². The van der Waals surface area contributed by atoms with Crippen LogP contribution in [-0.4, -0.2) is 68.8 Å². The Bertz CT molecular complexity index is 534. The normalized spacial score (nSPS) is 32.7. The zero-order valence-electron chi connectivity index (χ0n) is 14.2. The van der Waals surface area contributed by atoms with E-state index in [-0.39, 0.29) is 5.25 Å². The van der Waals surface area contributed by atoms with Crippen molar-refractivity contribution in [1.82, 2.24) is 9.21 Å². The molecule has 2 aliphatic carbocycles. The van der Waals surface area contributed by atoms with Crippen molar-refractivity contribution >= 4 is 10.0 Å². The van der Waals surface area contributed by atoms with Crippen LogP contribution in [0.2, 0.25) is 0 Å². The number of nitrogens with zero attached hydrogens (tertiary/aromatic N) is 2. The van der Waals surface area contributed by atoms with Crippen molar-refractivity contribution in [2.24, 2.45) is 11.3 Å². The van der Waals surface area contributed by atoms with Crippen LogP contribution in [0.1, 0.15) is 44.9 Å². The minimum Gasteiger partial charge on any atom is -0.380 e. The lowest BCUT2D eigenvalue weighted by Gasteiger charge is -2.38. The van der Waals surface area contributed by atoms with Gasteiger partial charge in [0.05, 0.1) is 11.9 Å². The molecule has 2 aliphatic heterocycles. The van der Waals surface area contributed by atoms with Crippen molar-refractivity contribution in [2.45, 2.75) is 56.2 Å². The summed E-state index contributed by atoms with van der Waals surface area (Å²) in [5.41, 5.74) is 0.317. The zero-order valence-corrected chi connectivity index (χ0v) is 15.1. The van der Waals surface area contributed by atoms with E-state index in [1.54, 1.807) is 4.31 Å². The molecule has 4 rings (SSSR count). The van der Waals surface area contributed by atoms with Crippen LogP contribution in [-0.2, 0) is 14.8 Å². The molecule has 0 amide bonds. The predicted octanol–water partition coefficient (Wildman–Crippen LogP) is 1.69. The van der Waals surface area contributed by atoms with Gasteiger partial charge in [-0.15, -0.1) is 0 Å². The van der Waals surface area contributed by atoms with Gasteiger partial charge in [0.1, 0.15) is 0 Å². The maximum Gasteiger partial charge on any atom is 0.216 e. The van der Waals surface area contributed by atoms with Crippen LogP contribution in [0.15, 0.2) is 0 Å². The smallest absolute Gasteiger partial charge is 0.216 e. The molecule has 0 radical (unpaired) electrons.